The number of aliphatic hydroxyl groups is 1. The summed E-state index contributed by atoms with van der Waals surface area (Å²) in [6.07, 6.45) is 0. The van der Waals surface area contributed by atoms with Crippen LogP contribution in [0.15, 0.2) is 41.0 Å². The predicted molar refractivity (Wildman–Crippen MR) is 83.2 cm³/mol. The number of rotatable bonds is 4. The van der Waals surface area contributed by atoms with E-state index in [1.165, 1.54) is 23.8 Å². The van der Waals surface area contributed by atoms with Crippen LogP contribution < -0.4 is 9.64 Å². The Labute approximate surface area is 130 Å². The predicted octanol–water partition coefficient (Wildman–Crippen LogP) is 2.77. The standard InChI is InChI=1S/C14H15FN2O4S/c1-3-22-14-16-12(18)10(15)11(13(19)20)17(14)8-4-6-9(21-2)7-5-8/h4-7,11,18H,3H2,1-2H3,(H,19,20). The molecule has 0 radical (unpaired) electrons. The molecule has 0 saturated carbocycles. The normalized spacial score (nSPS) is 18.2. The van der Waals surface area contributed by atoms with E-state index in [2.05, 4.69) is 4.99 Å². The van der Waals surface area contributed by atoms with E-state index in [0.717, 1.165) is 0 Å². The van der Waals surface area contributed by atoms with Crippen LogP contribution in [0.5, 0.6) is 5.75 Å². The Balaban J connectivity index is 2.50. The van der Waals surface area contributed by atoms with Gasteiger partial charge < -0.3 is 19.8 Å². The number of hydrogen-bond donors (Lipinski definition) is 2. The smallest absolute Gasteiger partial charge is 0.334 e. The van der Waals surface area contributed by atoms with E-state index < -0.39 is 23.7 Å². The molecule has 118 valence electrons. The second-order valence-electron chi connectivity index (χ2n) is 4.31. The molecular weight excluding hydrogens is 311 g/mol. The van der Waals surface area contributed by atoms with Crippen molar-refractivity contribution in [2.45, 2.75) is 13.0 Å². The molecule has 0 bridgehead atoms. The molecule has 0 fully saturated rings. The zero-order valence-corrected chi connectivity index (χ0v) is 12.8. The van der Waals surface area contributed by atoms with Gasteiger partial charge in [-0.15, -0.1) is 0 Å². The van der Waals surface area contributed by atoms with Crippen molar-refractivity contribution in [2.24, 2.45) is 4.99 Å². The van der Waals surface area contributed by atoms with E-state index in [1.807, 2.05) is 6.92 Å². The Morgan fingerprint density at radius 1 is 1.45 bits per heavy atom. The van der Waals surface area contributed by atoms with Crippen LogP contribution >= 0.6 is 11.8 Å². The monoisotopic (exact) mass is 326 g/mol. The van der Waals surface area contributed by atoms with Gasteiger partial charge in [0.25, 0.3) is 0 Å². The number of nitrogens with zero attached hydrogens (tertiary/aromatic N) is 2. The van der Waals surface area contributed by atoms with Crippen LogP contribution in [0.4, 0.5) is 10.1 Å². The van der Waals surface area contributed by atoms with Crippen LogP contribution in [0.3, 0.4) is 0 Å². The summed E-state index contributed by atoms with van der Waals surface area (Å²) >= 11 is 1.21. The number of carboxylic acid groups (broad SMARTS) is 1. The number of hydrogen-bond acceptors (Lipinski definition) is 6. The van der Waals surface area contributed by atoms with Gasteiger partial charge in [0.1, 0.15) is 5.75 Å². The Morgan fingerprint density at radius 3 is 2.59 bits per heavy atom. The molecule has 1 aliphatic rings. The first-order valence-corrected chi connectivity index (χ1v) is 7.44. The summed E-state index contributed by atoms with van der Waals surface area (Å²) in [6.45, 7) is 1.85. The van der Waals surface area contributed by atoms with E-state index in [-0.39, 0.29) is 5.17 Å². The van der Waals surface area contributed by atoms with Crippen molar-refractivity contribution in [1.82, 2.24) is 0 Å². The maximum atomic E-state index is 14.1. The van der Waals surface area contributed by atoms with Gasteiger partial charge in [-0.05, 0) is 30.0 Å². The van der Waals surface area contributed by atoms with Gasteiger partial charge >= 0.3 is 5.97 Å². The SMILES string of the molecule is CCSC1=NC(O)=C(F)C(C(=O)O)N1c1ccc(OC)cc1. The number of aliphatic carboxylic acids is 1. The lowest BCUT2D eigenvalue weighted by molar-refractivity contribution is -0.137. The molecule has 6 nitrogen and oxygen atoms in total. The third-order valence-corrected chi connectivity index (χ3v) is 3.81. The fraction of sp³-hybridized carbons (Fsp3) is 0.286. The molecule has 0 aliphatic carbocycles. The highest BCUT2D eigenvalue weighted by atomic mass is 32.2. The van der Waals surface area contributed by atoms with Crippen molar-refractivity contribution < 1.29 is 24.1 Å². The zero-order valence-electron chi connectivity index (χ0n) is 12.0. The van der Waals surface area contributed by atoms with Crippen LogP contribution in [0, 0.1) is 0 Å². The number of aliphatic imine (C=N–C) groups is 1. The first kappa shape index (κ1) is 16.2. The van der Waals surface area contributed by atoms with Crippen LogP contribution in [0.2, 0.25) is 0 Å². The van der Waals surface area contributed by atoms with E-state index in [1.54, 1.807) is 24.3 Å². The van der Waals surface area contributed by atoms with Gasteiger partial charge in [0, 0.05) is 5.69 Å². The minimum absolute atomic E-state index is 0.221. The summed E-state index contributed by atoms with van der Waals surface area (Å²) in [7, 11) is 1.51. The van der Waals surface area contributed by atoms with E-state index in [4.69, 9.17) is 4.74 Å². The van der Waals surface area contributed by atoms with E-state index >= 15 is 0 Å². The molecule has 8 heteroatoms. The van der Waals surface area contributed by atoms with Gasteiger partial charge in [0.2, 0.25) is 5.88 Å². The van der Waals surface area contributed by atoms with Crippen molar-refractivity contribution in [3.05, 3.63) is 36.0 Å². The quantitative estimate of drug-likeness (QED) is 0.885. The third kappa shape index (κ3) is 3.01. The molecule has 22 heavy (non-hydrogen) atoms. The molecule has 1 aromatic rings. The number of aliphatic hydroxyl groups excluding tert-OH is 1. The molecule has 0 aromatic heterocycles. The Bertz CT molecular complexity index is 630. The summed E-state index contributed by atoms with van der Waals surface area (Å²) in [6, 6.07) is 4.84. The molecule has 1 aliphatic heterocycles. The minimum Gasteiger partial charge on any atom is -0.497 e. The molecule has 1 aromatic carbocycles. The molecule has 0 spiro atoms. The van der Waals surface area contributed by atoms with Crippen molar-refractivity contribution in [3.8, 4) is 5.75 Å². The van der Waals surface area contributed by atoms with Crippen molar-refractivity contribution in [1.29, 1.82) is 0 Å². The molecule has 0 amide bonds. The van der Waals surface area contributed by atoms with Crippen molar-refractivity contribution in [2.75, 3.05) is 17.8 Å². The number of anilines is 1. The number of benzene rings is 1. The number of carbonyl (C=O) groups is 1. The number of ether oxygens (including phenoxy) is 1. The Hall–Kier alpha value is -2.22. The van der Waals surface area contributed by atoms with Crippen LogP contribution in [-0.2, 0) is 4.79 Å². The van der Waals surface area contributed by atoms with Crippen LogP contribution in [-0.4, -0.2) is 40.3 Å². The highest BCUT2D eigenvalue weighted by Gasteiger charge is 2.39. The van der Waals surface area contributed by atoms with E-state index in [9.17, 15) is 19.4 Å². The fourth-order valence-electron chi connectivity index (χ4n) is 2.00. The lowest BCUT2D eigenvalue weighted by Gasteiger charge is -2.32. The largest absolute Gasteiger partial charge is 0.497 e. The first-order valence-electron chi connectivity index (χ1n) is 6.45. The molecule has 2 N–H and O–H groups in total. The summed E-state index contributed by atoms with van der Waals surface area (Å²) in [5.41, 5.74) is 0.440. The highest BCUT2D eigenvalue weighted by Crippen LogP contribution is 2.32. The Kier molecular flexibility index (Phi) is 4.92. The van der Waals surface area contributed by atoms with Gasteiger partial charge in [0.05, 0.1) is 7.11 Å². The number of amidine groups is 1. The Morgan fingerprint density at radius 2 is 2.09 bits per heavy atom. The van der Waals surface area contributed by atoms with Crippen molar-refractivity contribution >= 4 is 28.6 Å². The van der Waals surface area contributed by atoms with Crippen molar-refractivity contribution in [3.63, 3.8) is 0 Å². The third-order valence-electron chi connectivity index (χ3n) is 2.98. The summed E-state index contributed by atoms with van der Waals surface area (Å²) in [5.74, 6) is -2.32. The summed E-state index contributed by atoms with van der Waals surface area (Å²) < 4.78 is 19.1. The minimum atomic E-state index is -1.65. The number of carboxylic acids is 1. The number of halogens is 1. The number of thioether (sulfide) groups is 1. The van der Waals surface area contributed by atoms with Gasteiger partial charge in [-0.25, -0.2) is 9.18 Å². The molecular formula is C14H15FN2O4S. The van der Waals surface area contributed by atoms with Gasteiger partial charge in [0.15, 0.2) is 17.0 Å². The first-order chi connectivity index (χ1) is 10.5. The summed E-state index contributed by atoms with van der Waals surface area (Å²) in [4.78, 5) is 16.4. The maximum absolute atomic E-state index is 14.1. The van der Waals surface area contributed by atoms with Gasteiger partial charge in [-0.1, -0.05) is 18.7 Å². The topological polar surface area (TPSA) is 82.4 Å². The highest BCUT2D eigenvalue weighted by molar-refractivity contribution is 8.14. The molecule has 2 rings (SSSR count). The second kappa shape index (κ2) is 6.69. The zero-order chi connectivity index (χ0) is 16.3. The van der Waals surface area contributed by atoms with Gasteiger partial charge in [-0.3, -0.25) is 0 Å². The maximum Gasteiger partial charge on any atom is 0.334 e. The number of methoxy groups -OCH3 is 1. The lowest BCUT2D eigenvalue weighted by Crippen LogP contribution is -2.47. The second-order valence-corrected chi connectivity index (χ2v) is 5.54. The van der Waals surface area contributed by atoms with Gasteiger partial charge in [-0.2, -0.15) is 4.99 Å². The molecule has 1 heterocycles. The van der Waals surface area contributed by atoms with Crippen LogP contribution in [0.1, 0.15) is 6.92 Å². The van der Waals surface area contributed by atoms with E-state index in [0.29, 0.717) is 17.2 Å². The summed E-state index contributed by atoms with van der Waals surface area (Å²) in [5, 5.41) is 19.1. The molecule has 1 atom stereocenters. The average Bonchev–Trinajstić information content (AvgIpc) is 2.50. The average molecular weight is 326 g/mol. The molecule has 1 unspecified atom stereocenters. The van der Waals surface area contributed by atoms with Crippen LogP contribution in [0.25, 0.3) is 0 Å². The fourth-order valence-corrected chi connectivity index (χ4v) is 2.76. The lowest BCUT2D eigenvalue weighted by atomic mass is 10.1. The molecule has 0 saturated heterocycles.